The summed E-state index contributed by atoms with van der Waals surface area (Å²) in [6.07, 6.45) is 0. The summed E-state index contributed by atoms with van der Waals surface area (Å²) in [6, 6.07) is 0.902. The molecule has 0 aliphatic carbocycles. The molecule has 0 bridgehead atoms. The van der Waals surface area contributed by atoms with Gasteiger partial charge in [-0.1, -0.05) is 11.6 Å². The second kappa shape index (κ2) is 3.30. The molecule has 0 amide bonds. The Morgan fingerprint density at radius 2 is 2.00 bits per heavy atom. The molecule has 0 atom stereocenters. The van der Waals surface area contributed by atoms with Crippen molar-refractivity contribution < 1.29 is 18.7 Å². The van der Waals surface area contributed by atoms with Gasteiger partial charge in [-0.25, -0.2) is 13.6 Å². The lowest BCUT2D eigenvalue weighted by Gasteiger charge is -2.03. The molecule has 0 heterocycles. The van der Waals surface area contributed by atoms with Gasteiger partial charge in [-0.2, -0.15) is 0 Å². The van der Waals surface area contributed by atoms with E-state index in [9.17, 15) is 13.6 Å². The van der Waals surface area contributed by atoms with Gasteiger partial charge in [0.25, 0.3) is 0 Å². The zero-order valence-electron chi connectivity index (χ0n) is 6.57. The lowest BCUT2D eigenvalue weighted by Crippen LogP contribution is -2.03. The van der Waals surface area contributed by atoms with Crippen molar-refractivity contribution >= 4 is 17.6 Å². The van der Waals surface area contributed by atoms with E-state index in [2.05, 4.69) is 0 Å². The van der Waals surface area contributed by atoms with Gasteiger partial charge < -0.3 is 5.11 Å². The summed E-state index contributed by atoms with van der Waals surface area (Å²) in [5.74, 6) is -3.64. The Balaban J connectivity index is 3.50. The number of carboxylic acid groups (broad SMARTS) is 1. The average molecular weight is 207 g/mol. The molecule has 2 nitrogen and oxygen atoms in total. The van der Waals surface area contributed by atoms with Crippen molar-refractivity contribution in [2.24, 2.45) is 0 Å². The van der Waals surface area contributed by atoms with Crippen LogP contribution in [0.5, 0.6) is 0 Å². The van der Waals surface area contributed by atoms with Gasteiger partial charge >= 0.3 is 5.97 Å². The SMILES string of the molecule is Cc1cc(C(=O)O)c(F)c(Cl)c1F. The van der Waals surface area contributed by atoms with Crippen LogP contribution < -0.4 is 0 Å². The molecule has 70 valence electrons. The van der Waals surface area contributed by atoms with Gasteiger partial charge in [0.15, 0.2) is 5.82 Å². The molecule has 0 aliphatic rings. The maximum atomic E-state index is 12.9. The fourth-order valence-electron chi connectivity index (χ4n) is 0.887. The number of carboxylic acids is 1. The van der Waals surface area contributed by atoms with E-state index in [-0.39, 0.29) is 5.56 Å². The van der Waals surface area contributed by atoms with Crippen LogP contribution in [0, 0.1) is 18.6 Å². The number of benzene rings is 1. The predicted octanol–water partition coefficient (Wildman–Crippen LogP) is 2.62. The number of aryl methyl sites for hydroxylation is 1. The third-order valence-electron chi connectivity index (χ3n) is 1.56. The second-order valence-electron chi connectivity index (χ2n) is 2.49. The first-order valence-corrected chi connectivity index (χ1v) is 3.70. The van der Waals surface area contributed by atoms with Crippen molar-refractivity contribution in [3.63, 3.8) is 0 Å². The normalized spacial score (nSPS) is 10.2. The van der Waals surface area contributed by atoms with Crippen LogP contribution in [0.4, 0.5) is 8.78 Å². The summed E-state index contributed by atoms with van der Waals surface area (Å²) in [7, 11) is 0. The largest absolute Gasteiger partial charge is 0.478 e. The first-order valence-electron chi connectivity index (χ1n) is 3.32. The Hall–Kier alpha value is -1.16. The van der Waals surface area contributed by atoms with Crippen molar-refractivity contribution in [2.45, 2.75) is 6.92 Å². The lowest BCUT2D eigenvalue weighted by molar-refractivity contribution is 0.0691. The van der Waals surface area contributed by atoms with Crippen LogP contribution in [-0.4, -0.2) is 11.1 Å². The Kier molecular flexibility index (Phi) is 2.52. The highest BCUT2D eigenvalue weighted by Crippen LogP contribution is 2.24. The van der Waals surface area contributed by atoms with Gasteiger partial charge in [0, 0.05) is 0 Å². The second-order valence-corrected chi connectivity index (χ2v) is 2.87. The molecule has 0 fully saturated rings. The Morgan fingerprint density at radius 3 is 2.46 bits per heavy atom. The maximum absolute atomic E-state index is 12.9. The van der Waals surface area contributed by atoms with Gasteiger partial charge in [-0.3, -0.25) is 0 Å². The van der Waals surface area contributed by atoms with Gasteiger partial charge in [0.05, 0.1) is 5.56 Å². The predicted molar refractivity (Wildman–Crippen MR) is 43.1 cm³/mol. The van der Waals surface area contributed by atoms with Gasteiger partial charge in [-0.05, 0) is 18.6 Å². The smallest absolute Gasteiger partial charge is 0.338 e. The molecule has 13 heavy (non-hydrogen) atoms. The minimum Gasteiger partial charge on any atom is -0.478 e. The summed E-state index contributed by atoms with van der Waals surface area (Å²) in [6.45, 7) is 1.31. The Labute approximate surface area is 77.8 Å². The summed E-state index contributed by atoms with van der Waals surface area (Å²) in [5, 5.41) is 7.70. The van der Waals surface area contributed by atoms with Crippen molar-refractivity contribution in [3.8, 4) is 0 Å². The zero-order chi connectivity index (χ0) is 10.2. The van der Waals surface area contributed by atoms with E-state index in [0.29, 0.717) is 0 Å². The van der Waals surface area contributed by atoms with Crippen molar-refractivity contribution in [3.05, 3.63) is 33.9 Å². The number of hydrogen-bond donors (Lipinski definition) is 1. The lowest BCUT2D eigenvalue weighted by atomic mass is 10.1. The van der Waals surface area contributed by atoms with E-state index in [1.807, 2.05) is 0 Å². The topological polar surface area (TPSA) is 37.3 Å². The molecule has 5 heteroatoms. The van der Waals surface area contributed by atoms with E-state index in [0.717, 1.165) is 6.07 Å². The average Bonchev–Trinajstić information content (AvgIpc) is 2.07. The molecular weight excluding hydrogens is 202 g/mol. The van der Waals surface area contributed by atoms with Crippen LogP contribution in [0.2, 0.25) is 5.02 Å². The monoisotopic (exact) mass is 206 g/mol. The van der Waals surface area contributed by atoms with Crippen molar-refractivity contribution in [2.75, 3.05) is 0 Å². The third kappa shape index (κ3) is 1.62. The molecule has 0 unspecified atom stereocenters. The number of aromatic carboxylic acids is 1. The highest BCUT2D eigenvalue weighted by atomic mass is 35.5. The Bertz CT molecular complexity index is 377. The summed E-state index contributed by atoms with van der Waals surface area (Å²) >= 11 is 5.22. The minimum atomic E-state index is -1.47. The fourth-order valence-corrected chi connectivity index (χ4v) is 1.14. The molecular formula is C8H5ClF2O2. The molecule has 0 radical (unpaired) electrons. The fraction of sp³-hybridized carbons (Fsp3) is 0.125. The molecule has 0 saturated heterocycles. The minimum absolute atomic E-state index is 0.00352. The van der Waals surface area contributed by atoms with E-state index in [1.165, 1.54) is 6.92 Å². The molecule has 0 aromatic heterocycles. The van der Waals surface area contributed by atoms with Gasteiger partial charge in [0.2, 0.25) is 0 Å². The van der Waals surface area contributed by atoms with Crippen molar-refractivity contribution in [1.29, 1.82) is 0 Å². The Morgan fingerprint density at radius 1 is 1.46 bits per heavy atom. The van der Waals surface area contributed by atoms with E-state index in [1.54, 1.807) is 0 Å². The molecule has 1 N–H and O–H groups in total. The third-order valence-corrected chi connectivity index (χ3v) is 1.89. The summed E-state index contributed by atoms with van der Waals surface area (Å²) < 4.78 is 25.8. The van der Waals surface area contributed by atoms with Gasteiger partial charge in [-0.15, -0.1) is 0 Å². The number of halogens is 3. The first kappa shape index (κ1) is 9.92. The number of hydrogen-bond acceptors (Lipinski definition) is 1. The van der Waals surface area contributed by atoms with Crippen LogP contribution in [-0.2, 0) is 0 Å². The summed E-state index contributed by atoms with van der Waals surface area (Å²) in [4.78, 5) is 10.4. The molecule has 1 rings (SSSR count). The molecule has 0 aliphatic heterocycles. The zero-order valence-corrected chi connectivity index (χ0v) is 7.32. The van der Waals surface area contributed by atoms with E-state index in [4.69, 9.17) is 16.7 Å². The van der Waals surface area contributed by atoms with Crippen LogP contribution in [0.3, 0.4) is 0 Å². The first-order chi connectivity index (χ1) is 5.95. The van der Waals surface area contributed by atoms with Crippen LogP contribution in [0.25, 0.3) is 0 Å². The highest BCUT2D eigenvalue weighted by Gasteiger charge is 2.18. The van der Waals surface area contributed by atoms with Crippen LogP contribution in [0.15, 0.2) is 6.07 Å². The van der Waals surface area contributed by atoms with Gasteiger partial charge in [0.1, 0.15) is 10.8 Å². The molecule has 0 spiro atoms. The number of carbonyl (C=O) groups is 1. The molecule has 0 saturated carbocycles. The standard InChI is InChI=1S/C8H5ClF2O2/c1-3-2-4(8(12)13)7(11)5(9)6(3)10/h2H,1H3,(H,12,13). The molecule has 1 aromatic carbocycles. The van der Waals surface area contributed by atoms with E-state index >= 15 is 0 Å². The van der Waals surface area contributed by atoms with Crippen LogP contribution in [0.1, 0.15) is 15.9 Å². The summed E-state index contributed by atoms with van der Waals surface area (Å²) in [5.41, 5.74) is -0.618. The van der Waals surface area contributed by atoms with Crippen LogP contribution >= 0.6 is 11.6 Å². The highest BCUT2D eigenvalue weighted by molar-refractivity contribution is 6.31. The van der Waals surface area contributed by atoms with Crippen molar-refractivity contribution in [1.82, 2.24) is 0 Å². The number of rotatable bonds is 1. The molecule has 1 aromatic rings. The van der Waals surface area contributed by atoms with E-state index < -0.39 is 28.2 Å². The quantitative estimate of drug-likeness (QED) is 0.718. The maximum Gasteiger partial charge on any atom is 0.338 e.